The van der Waals surface area contributed by atoms with Gasteiger partial charge in [0.15, 0.2) is 12.3 Å². The number of rotatable bonds is 6. The first-order valence-corrected chi connectivity index (χ1v) is 11.6. The van der Waals surface area contributed by atoms with Crippen molar-refractivity contribution < 1.29 is 17.8 Å². The summed E-state index contributed by atoms with van der Waals surface area (Å²) >= 11 is 1.05. The van der Waals surface area contributed by atoms with E-state index < -0.39 is 0 Å². The van der Waals surface area contributed by atoms with E-state index in [1.165, 1.54) is 6.33 Å². The molecule has 4 heterocycles. The van der Waals surface area contributed by atoms with E-state index in [4.69, 9.17) is 17.8 Å². The van der Waals surface area contributed by atoms with Crippen LogP contribution in [0.5, 0.6) is 17.5 Å². The summed E-state index contributed by atoms with van der Waals surface area (Å²) in [5.41, 5.74) is 1.93. The third kappa shape index (κ3) is 5.35. The molecule has 172 valence electrons. The van der Waals surface area contributed by atoms with E-state index in [1.807, 2.05) is 37.3 Å². The minimum absolute atomic E-state index is 0.0730. The fraction of sp³-hybridized carbons (Fsp3) is 0.391. The highest BCUT2D eigenvalue weighted by molar-refractivity contribution is 7.89. The summed E-state index contributed by atoms with van der Waals surface area (Å²) in [6.07, 6.45) is 6.82. The second kappa shape index (κ2) is 10.3. The molecule has 10 heteroatoms. The number of nitrogens with zero attached hydrogens (tertiary/aromatic N) is 5. The number of ether oxygens (including phenoxy) is 2. The molecule has 0 atom stereocenters. The van der Waals surface area contributed by atoms with Gasteiger partial charge in [0.25, 0.3) is 0 Å². The fourth-order valence-electron chi connectivity index (χ4n) is 3.84. The number of anilines is 1. The molecule has 2 fully saturated rings. The maximum absolute atomic E-state index is 6.22. The molecule has 0 radical (unpaired) electrons. The van der Waals surface area contributed by atoms with Gasteiger partial charge in [0.2, 0.25) is 17.7 Å². The molecule has 0 amide bonds. The van der Waals surface area contributed by atoms with Crippen molar-refractivity contribution in [2.24, 2.45) is 0 Å². The monoisotopic (exact) mass is 467 g/mol. The Morgan fingerprint density at radius 2 is 1.64 bits per heavy atom. The summed E-state index contributed by atoms with van der Waals surface area (Å²) in [4.78, 5) is 19.5. The highest BCUT2D eigenvalue weighted by Gasteiger charge is 2.24. The smallest absolute Gasteiger partial charge is 0.229 e. The predicted octanol–water partition coefficient (Wildman–Crippen LogP) is 4.11. The lowest BCUT2D eigenvalue weighted by molar-refractivity contribution is 0.161. The SMILES string of the molecule is Cc1c(Oc2ccc(C3COSOC3)cc2)ncnc1OC1CCN(c2ncccn2)CC1. The second-order valence-corrected chi connectivity index (χ2v) is 8.57. The molecule has 9 nitrogen and oxygen atoms in total. The summed E-state index contributed by atoms with van der Waals surface area (Å²) in [7, 11) is 0. The van der Waals surface area contributed by atoms with E-state index in [0.717, 1.165) is 55.3 Å². The maximum Gasteiger partial charge on any atom is 0.229 e. The molecule has 2 aliphatic heterocycles. The molecule has 0 spiro atoms. The van der Waals surface area contributed by atoms with Crippen molar-refractivity contribution in [2.75, 3.05) is 31.2 Å². The minimum Gasteiger partial charge on any atom is -0.474 e. The molecular formula is C23H25N5O4S. The molecule has 2 aliphatic rings. The highest BCUT2D eigenvalue weighted by Crippen LogP contribution is 2.31. The average molecular weight is 468 g/mol. The molecule has 3 aromatic rings. The van der Waals surface area contributed by atoms with Crippen molar-refractivity contribution in [3.8, 4) is 17.5 Å². The normalized spacial score (nSPS) is 17.7. The summed E-state index contributed by atoms with van der Waals surface area (Å²) < 4.78 is 22.9. The van der Waals surface area contributed by atoms with Crippen LogP contribution in [0, 0.1) is 6.92 Å². The van der Waals surface area contributed by atoms with E-state index in [2.05, 4.69) is 24.8 Å². The maximum atomic E-state index is 6.22. The van der Waals surface area contributed by atoms with Crippen molar-refractivity contribution in [1.29, 1.82) is 0 Å². The Morgan fingerprint density at radius 3 is 2.36 bits per heavy atom. The average Bonchev–Trinajstić information content (AvgIpc) is 2.88. The Morgan fingerprint density at radius 1 is 0.939 bits per heavy atom. The Hall–Kier alpha value is -2.95. The van der Waals surface area contributed by atoms with Crippen molar-refractivity contribution in [3.05, 3.63) is 60.2 Å². The first-order chi connectivity index (χ1) is 16.3. The Bertz CT molecular complexity index is 1040. The molecule has 0 aliphatic carbocycles. The van der Waals surface area contributed by atoms with Crippen LogP contribution in [0.3, 0.4) is 0 Å². The van der Waals surface area contributed by atoms with Gasteiger partial charge in [0.1, 0.15) is 18.2 Å². The first kappa shape index (κ1) is 21.9. The van der Waals surface area contributed by atoms with Gasteiger partial charge in [-0.1, -0.05) is 12.1 Å². The molecular weight excluding hydrogens is 442 g/mol. The van der Waals surface area contributed by atoms with E-state index in [1.54, 1.807) is 12.4 Å². The minimum atomic E-state index is 0.0730. The zero-order valence-electron chi connectivity index (χ0n) is 18.3. The quantitative estimate of drug-likeness (QED) is 0.493. The van der Waals surface area contributed by atoms with E-state index in [0.29, 0.717) is 30.7 Å². The van der Waals surface area contributed by atoms with Crippen LogP contribution >= 0.6 is 12.3 Å². The molecule has 0 N–H and O–H groups in total. The first-order valence-electron chi connectivity index (χ1n) is 11.0. The number of piperidine rings is 1. The van der Waals surface area contributed by atoms with Crippen LogP contribution in [0.1, 0.15) is 29.9 Å². The highest BCUT2D eigenvalue weighted by atomic mass is 32.2. The van der Waals surface area contributed by atoms with Crippen molar-refractivity contribution >= 4 is 18.3 Å². The molecule has 2 aromatic heterocycles. The van der Waals surface area contributed by atoms with Gasteiger partial charge < -0.3 is 14.4 Å². The molecule has 1 aromatic carbocycles. The van der Waals surface area contributed by atoms with Gasteiger partial charge in [-0.05, 0) is 30.7 Å². The molecule has 0 unspecified atom stereocenters. The van der Waals surface area contributed by atoms with Gasteiger partial charge in [0, 0.05) is 44.2 Å². The standard InChI is InChI=1S/C23H25N5O4S/c1-16-21(31-19-5-3-17(4-6-19)18-13-29-33-30-14-18)26-15-27-22(16)32-20-7-11-28(12-8-20)23-24-9-2-10-25-23/h2-6,9-10,15,18,20H,7-8,11-14H2,1H3. The summed E-state index contributed by atoms with van der Waals surface area (Å²) in [5.74, 6) is 2.73. The lowest BCUT2D eigenvalue weighted by atomic mass is 10.0. The third-order valence-corrected chi connectivity index (χ3v) is 6.21. The van der Waals surface area contributed by atoms with Gasteiger partial charge in [-0.15, -0.1) is 0 Å². The summed E-state index contributed by atoms with van der Waals surface area (Å²) in [5, 5.41) is 0. The van der Waals surface area contributed by atoms with Crippen molar-refractivity contribution in [3.63, 3.8) is 0 Å². The van der Waals surface area contributed by atoms with Crippen LogP contribution in [-0.2, 0) is 8.37 Å². The molecule has 2 saturated heterocycles. The Balaban J connectivity index is 1.20. The second-order valence-electron chi connectivity index (χ2n) is 7.97. The number of benzene rings is 1. The zero-order valence-corrected chi connectivity index (χ0v) is 19.1. The van der Waals surface area contributed by atoms with Crippen molar-refractivity contribution in [1.82, 2.24) is 19.9 Å². The fourth-order valence-corrected chi connectivity index (χ4v) is 4.35. The topological polar surface area (TPSA) is 91.7 Å². The van der Waals surface area contributed by atoms with E-state index in [-0.39, 0.29) is 12.0 Å². The molecule has 0 bridgehead atoms. The number of hydrogen-bond donors (Lipinski definition) is 0. The van der Waals surface area contributed by atoms with Gasteiger partial charge >= 0.3 is 0 Å². The van der Waals surface area contributed by atoms with Gasteiger partial charge in [-0.25, -0.2) is 19.9 Å². The molecule has 5 rings (SSSR count). The Labute approximate surface area is 196 Å². The number of hydrogen-bond acceptors (Lipinski definition) is 10. The van der Waals surface area contributed by atoms with Crippen LogP contribution < -0.4 is 14.4 Å². The largest absolute Gasteiger partial charge is 0.474 e. The predicted molar refractivity (Wildman–Crippen MR) is 123 cm³/mol. The van der Waals surface area contributed by atoms with Gasteiger partial charge in [-0.3, -0.25) is 8.37 Å². The number of aromatic nitrogens is 4. The van der Waals surface area contributed by atoms with Crippen LogP contribution in [0.4, 0.5) is 5.95 Å². The zero-order chi connectivity index (χ0) is 22.5. The Kier molecular flexibility index (Phi) is 6.84. The van der Waals surface area contributed by atoms with Gasteiger partial charge in [-0.2, -0.15) is 0 Å². The van der Waals surface area contributed by atoms with Crippen LogP contribution in [-0.4, -0.2) is 52.3 Å². The summed E-state index contributed by atoms with van der Waals surface area (Å²) in [6.45, 7) is 4.86. The van der Waals surface area contributed by atoms with Crippen LogP contribution in [0.2, 0.25) is 0 Å². The lowest BCUT2D eigenvalue weighted by Gasteiger charge is -2.32. The van der Waals surface area contributed by atoms with E-state index >= 15 is 0 Å². The van der Waals surface area contributed by atoms with Crippen LogP contribution in [0.25, 0.3) is 0 Å². The van der Waals surface area contributed by atoms with Crippen LogP contribution in [0.15, 0.2) is 49.1 Å². The van der Waals surface area contributed by atoms with E-state index in [9.17, 15) is 0 Å². The molecule has 0 saturated carbocycles. The van der Waals surface area contributed by atoms with Crippen molar-refractivity contribution in [2.45, 2.75) is 31.8 Å². The summed E-state index contributed by atoms with van der Waals surface area (Å²) in [6, 6.07) is 9.74. The third-order valence-electron chi connectivity index (χ3n) is 5.75. The molecule has 33 heavy (non-hydrogen) atoms. The van der Waals surface area contributed by atoms with Gasteiger partial charge in [0.05, 0.1) is 18.8 Å². The lowest BCUT2D eigenvalue weighted by Crippen LogP contribution is -2.39.